The highest BCUT2D eigenvalue weighted by atomic mass is 16.5. The number of aliphatic hydroxyl groups excluding tert-OH is 1. The molecular formula is C15H21NO3. The van der Waals surface area contributed by atoms with Crippen LogP contribution in [0.3, 0.4) is 0 Å². The van der Waals surface area contributed by atoms with E-state index in [-0.39, 0.29) is 18.4 Å². The van der Waals surface area contributed by atoms with Crippen molar-refractivity contribution in [3.63, 3.8) is 0 Å². The molecule has 1 N–H and O–H groups in total. The van der Waals surface area contributed by atoms with Crippen LogP contribution in [0.5, 0.6) is 5.75 Å². The first-order valence-corrected chi connectivity index (χ1v) is 6.73. The van der Waals surface area contributed by atoms with Crippen LogP contribution in [0.15, 0.2) is 24.3 Å². The minimum absolute atomic E-state index is 0.0136. The van der Waals surface area contributed by atoms with Crippen LogP contribution in [0.25, 0.3) is 0 Å². The van der Waals surface area contributed by atoms with E-state index in [0.717, 1.165) is 5.75 Å². The van der Waals surface area contributed by atoms with Crippen LogP contribution in [0, 0.1) is 11.8 Å². The summed E-state index contributed by atoms with van der Waals surface area (Å²) in [6, 6.07) is 7.30. The fourth-order valence-electron chi connectivity index (χ4n) is 2.02. The topological polar surface area (TPSA) is 49.8 Å². The van der Waals surface area contributed by atoms with Gasteiger partial charge >= 0.3 is 0 Å². The van der Waals surface area contributed by atoms with Gasteiger partial charge in [-0.25, -0.2) is 0 Å². The average Bonchev–Trinajstić information content (AvgIpc) is 2.35. The minimum Gasteiger partial charge on any atom is -0.493 e. The molecular weight excluding hydrogens is 242 g/mol. The summed E-state index contributed by atoms with van der Waals surface area (Å²) < 4.78 is 5.62. The van der Waals surface area contributed by atoms with E-state index in [1.807, 2.05) is 12.1 Å². The molecule has 1 saturated heterocycles. The molecule has 0 saturated carbocycles. The molecule has 0 atom stereocenters. The van der Waals surface area contributed by atoms with Gasteiger partial charge in [0.1, 0.15) is 5.75 Å². The van der Waals surface area contributed by atoms with E-state index >= 15 is 0 Å². The summed E-state index contributed by atoms with van der Waals surface area (Å²) in [7, 11) is 0. The Morgan fingerprint density at radius 3 is 2.84 bits per heavy atom. The number of rotatable bonds is 5. The molecule has 1 amide bonds. The first kappa shape index (κ1) is 13.9. The lowest BCUT2D eigenvalue weighted by Gasteiger charge is -2.38. The molecule has 0 spiro atoms. The maximum Gasteiger partial charge on any atom is 0.254 e. The molecule has 0 aromatic heterocycles. The Morgan fingerprint density at radius 2 is 2.21 bits per heavy atom. The third-order valence-electron chi connectivity index (χ3n) is 3.17. The Hall–Kier alpha value is -1.55. The molecule has 1 aromatic rings. The average molecular weight is 263 g/mol. The van der Waals surface area contributed by atoms with Crippen molar-refractivity contribution >= 4 is 5.91 Å². The number of carbonyl (C=O) groups is 1. The van der Waals surface area contributed by atoms with Gasteiger partial charge in [-0.15, -0.1) is 0 Å². The molecule has 104 valence electrons. The van der Waals surface area contributed by atoms with Gasteiger partial charge in [-0.3, -0.25) is 4.79 Å². The molecule has 0 radical (unpaired) electrons. The van der Waals surface area contributed by atoms with Crippen LogP contribution in [0.1, 0.15) is 24.2 Å². The van der Waals surface area contributed by atoms with E-state index in [2.05, 4.69) is 13.8 Å². The summed E-state index contributed by atoms with van der Waals surface area (Å²) in [5.41, 5.74) is 0.651. The van der Waals surface area contributed by atoms with Crippen molar-refractivity contribution in [3.05, 3.63) is 29.8 Å². The Morgan fingerprint density at radius 1 is 1.47 bits per heavy atom. The number of ether oxygens (including phenoxy) is 1. The maximum absolute atomic E-state index is 12.2. The summed E-state index contributed by atoms with van der Waals surface area (Å²) in [6.07, 6.45) is 0. The van der Waals surface area contributed by atoms with E-state index in [9.17, 15) is 4.79 Å². The van der Waals surface area contributed by atoms with Crippen LogP contribution in [0.4, 0.5) is 0 Å². The summed E-state index contributed by atoms with van der Waals surface area (Å²) >= 11 is 0. The Labute approximate surface area is 114 Å². The maximum atomic E-state index is 12.2. The third-order valence-corrected chi connectivity index (χ3v) is 3.17. The van der Waals surface area contributed by atoms with Crippen molar-refractivity contribution in [1.82, 2.24) is 4.90 Å². The Kier molecular flexibility index (Phi) is 4.43. The van der Waals surface area contributed by atoms with E-state index in [0.29, 0.717) is 31.2 Å². The Balaban J connectivity index is 1.96. The lowest BCUT2D eigenvalue weighted by Crippen LogP contribution is -2.51. The summed E-state index contributed by atoms with van der Waals surface area (Å²) in [4.78, 5) is 13.9. The second-order valence-corrected chi connectivity index (χ2v) is 5.49. The molecule has 1 fully saturated rings. The molecule has 1 aromatic carbocycles. The van der Waals surface area contributed by atoms with Gasteiger partial charge in [-0.1, -0.05) is 19.9 Å². The molecule has 1 aliphatic rings. The van der Waals surface area contributed by atoms with Crippen LogP contribution in [-0.2, 0) is 0 Å². The number of aliphatic hydroxyl groups is 1. The summed E-state index contributed by atoms with van der Waals surface area (Å²) in [5, 5.41) is 8.96. The van der Waals surface area contributed by atoms with E-state index in [4.69, 9.17) is 9.84 Å². The highest BCUT2D eigenvalue weighted by molar-refractivity contribution is 5.95. The quantitative estimate of drug-likeness (QED) is 0.881. The smallest absolute Gasteiger partial charge is 0.254 e. The fraction of sp³-hybridized carbons (Fsp3) is 0.533. The number of likely N-dealkylation sites (tertiary alicyclic amines) is 1. The zero-order valence-electron chi connectivity index (χ0n) is 11.5. The molecule has 0 aliphatic carbocycles. The number of nitrogens with zero attached hydrogens (tertiary/aromatic N) is 1. The van der Waals surface area contributed by atoms with Gasteiger partial charge in [-0.2, -0.15) is 0 Å². The highest BCUT2D eigenvalue weighted by Gasteiger charge is 2.30. The first-order chi connectivity index (χ1) is 9.10. The van der Waals surface area contributed by atoms with Crippen LogP contribution in [0.2, 0.25) is 0 Å². The molecule has 2 rings (SSSR count). The molecule has 4 nitrogen and oxygen atoms in total. The normalized spacial score (nSPS) is 15.5. The highest BCUT2D eigenvalue weighted by Crippen LogP contribution is 2.21. The van der Waals surface area contributed by atoms with Crippen LogP contribution < -0.4 is 4.74 Å². The number of hydrogen-bond acceptors (Lipinski definition) is 3. The van der Waals surface area contributed by atoms with Gasteiger partial charge in [0.2, 0.25) is 0 Å². The van der Waals surface area contributed by atoms with Crippen molar-refractivity contribution < 1.29 is 14.6 Å². The van der Waals surface area contributed by atoms with Gasteiger partial charge < -0.3 is 14.7 Å². The van der Waals surface area contributed by atoms with Gasteiger partial charge in [0.05, 0.1) is 6.61 Å². The van der Waals surface area contributed by atoms with Crippen molar-refractivity contribution in [3.8, 4) is 5.75 Å². The number of carbonyl (C=O) groups excluding carboxylic acids is 1. The fourth-order valence-corrected chi connectivity index (χ4v) is 2.02. The molecule has 1 heterocycles. The molecule has 0 bridgehead atoms. The predicted molar refractivity (Wildman–Crippen MR) is 73.3 cm³/mol. The van der Waals surface area contributed by atoms with Crippen LogP contribution in [-0.4, -0.2) is 42.2 Å². The lowest BCUT2D eigenvalue weighted by atomic mass is 10.00. The van der Waals surface area contributed by atoms with Crippen molar-refractivity contribution in [1.29, 1.82) is 0 Å². The van der Waals surface area contributed by atoms with Gasteiger partial charge in [0, 0.05) is 31.2 Å². The van der Waals surface area contributed by atoms with Gasteiger partial charge in [0.25, 0.3) is 5.91 Å². The number of benzene rings is 1. The third kappa shape index (κ3) is 3.47. The van der Waals surface area contributed by atoms with Gasteiger partial charge in [0.15, 0.2) is 0 Å². The largest absolute Gasteiger partial charge is 0.493 e. The summed E-state index contributed by atoms with van der Waals surface area (Å²) in [6.45, 7) is 6.27. The second kappa shape index (κ2) is 6.06. The summed E-state index contributed by atoms with van der Waals surface area (Å²) in [5.74, 6) is 1.45. The predicted octanol–water partition coefficient (Wildman–Crippen LogP) is 1.79. The first-order valence-electron chi connectivity index (χ1n) is 6.73. The van der Waals surface area contributed by atoms with E-state index in [1.54, 1.807) is 17.0 Å². The van der Waals surface area contributed by atoms with Crippen molar-refractivity contribution in [2.45, 2.75) is 13.8 Å². The van der Waals surface area contributed by atoms with Crippen molar-refractivity contribution in [2.75, 3.05) is 26.3 Å². The Bertz CT molecular complexity index is 439. The monoisotopic (exact) mass is 263 g/mol. The van der Waals surface area contributed by atoms with Crippen LogP contribution >= 0.6 is 0 Å². The second-order valence-electron chi connectivity index (χ2n) is 5.49. The number of hydrogen-bond donors (Lipinski definition) is 1. The standard InChI is InChI=1S/C15H21NO3/c1-11(2)10-19-14-5-3-4-13(6-14)15(18)16-7-12(8-16)9-17/h3-6,11-12,17H,7-10H2,1-2H3. The number of amides is 1. The lowest BCUT2D eigenvalue weighted by molar-refractivity contribution is 0.0361. The zero-order valence-corrected chi connectivity index (χ0v) is 11.5. The molecule has 0 unspecified atom stereocenters. The van der Waals surface area contributed by atoms with Gasteiger partial charge in [-0.05, 0) is 24.1 Å². The zero-order chi connectivity index (χ0) is 13.8. The minimum atomic E-state index is 0.0136. The molecule has 1 aliphatic heterocycles. The molecule has 4 heteroatoms. The van der Waals surface area contributed by atoms with E-state index < -0.39 is 0 Å². The molecule has 19 heavy (non-hydrogen) atoms. The van der Waals surface area contributed by atoms with E-state index in [1.165, 1.54) is 0 Å². The SMILES string of the molecule is CC(C)COc1cccc(C(=O)N2CC(CO)C2)c1. The van der Waals surface area contributed by atoms with Crippen molar-refractivity contribution in [2.24, 2.45) is 11.8 Å².